The van der Waals surface area contributed by atoms with Crippen molar-refractivity contribution in [2.75, 3.05) is 6.54 Å². The minimum absolute atomic E-state index is 0. The average molecular weight is 254 g/mol. The van der Waals surface area contributed by atoms with E-state index in [0.29, 0.717) is 6.54 Å². The highest BCUT2D eigenvalue weighted by atomic mass is 35.5. The SMILES string of the molecule is Cl.NCC1OB(O)c2c1ccc1c2CCCC1. The van der Waals surface area contributed by atoms with Crippen molar-refractivity contribution in [2.24, 2.45) is 5.73 Å². The number of fused-ring (bicyclic) bond motifs is 3. The molecular formula is C12H17BClNO2. The summed E-state index contributed by atoms with van der Waals surface area (Å²) in [6, 6.07) is 4.25. The van der Waals surface area contributed by atoms with Crippen molar-refractivity contribution in [3.8, 4) is 0 Å². The third kappa shape index (κ3) is 1.99. The van der Waals surface area contributed by atoms with Gasteiger partial charge >= 0.3 is 7.12 Å². The zero-order valence-corrected chi connectivity index (χ0v) is 10.5. The van der Waals surface area contributed by atoms with Crippen molar-refractivity contribution in [3.63, 3.8) is 0 Å². The Kier molecular flexibility index (Phi) is 3.78. The second kappa shape index (κ2) is 4.98. The Morgan fingerprint density at radius 1 is 1.35 bits per heavy atom. The van der Waals surface area contributed by atoms with E-state index in [1.807, 2.05) is 0 Å². The van der Waals surface area contributed by atoms with Crippen molar-refractivity contribution in [2.45, 2.75) is 31.8 Å². The third-order valence-electron chi connectivity index (χ3n) is 3.71. The number of halogens is 1. The molecule has 0 saturated heterocycles. The molecule has 3 rings (SSSR count). The number of hydrogen-bond donors (Lipinski definition) is 2. The molecule has 1 aliphatic heterocycles. The predicted molar refractivity (Wildman–Crippen MR) is 70.8 cm³/mol. The molecule has 1 aromatic carbocycles. The van der Waals surface area contributed by atoms with Gasteiger partial charge in [0.2, 0.25) is 0 Å². The number of hydrogen-bond acceptors (Lipinski definition) is 3. The largest absolute Gasteiger partial charge is 0.492 e. The molecule has 0 aromatic heterocycles. The number of aryl methyl sites for hydroxylation is 1. The molecule has 17 heavy (non-hydrogen) atoms. The Morgan fingerprint density at radius 2 is 2.12 bits per heavy atom. The van der Waals surface area contributed by atoms with E-state index in [0.717, 1.165) is 23.9 Å². The van der Waals surface area contributed by atoms with E-state index in [1.54, 1.807) is 0 Å². The normalized spacial score (nSPS) is 21.8. The summed E-state index contributed by atoms with van der Waals surface area (Å²) in [5.74, 6) is 0. The van der Waals surface area contributed by atoms with Gasteiger partial charge in [0.05, 0.1) is 6.10 Å². The van der Waals surface area contributed by atoms with Gasteiger partial charge < -0.3 is 15.4 Å². The topological polar surface area (TPSA) is 55.5 Å². The van der Waals surface area contributed by atoms with Crippen LogP contribution in [-0.4, -0.2) is 18.7 Å². The summed E-state index contributed by atoms with van der Waals surface area (Å²) in [4.78, 5) is 0. The predicted octanol–water partition coefficient (Wildman–Crippen LogP) is 0.705. The van der Waals surface area contributed by atoms with Crippen LogP contribution in [0.3, 0.4) is 0 Å². The van der Waals surface area contributed by atoms with E-state index < -0.39 is 7.12 Å². The van der Waals surface area contributed by atoms with Gasteiger partial charge in [-0.25, -0.2) is 0 Å². The van der Waals surface area contributed by atoms with Crippen LogP contribution < -0.4 is 11.2 Å². The van der Waals surface area contributed by atoms with Gasteiger partial charge in [-0.1, -0.05) is 12.1 Å². The quantitative estimate of drug-likeness (QED) is 0.725. The molecule has 1 atom stereocenters. The van der Waals surface area contributed by atoms with Crippen molar-refractivity contribution < 1.29 is 9.68 Å². The maximum Gasteiger partial charge on any atom is 0.492 e. The lowest BCUT2D eigenvalue weighted by Gasteiger charge is -2.19. The third-order valence-corrected chi connectivity index (χ3v) is 3.71. The molecule has 1 aromatic rings. The fourth-order valence-electron chi connectivity index (χ4n) is 2.93. The summed E-state index contributed by atoms with van der Waals surface area (Å²) >= 11 is 0. The number of benzene rings is 1. The Morgan fingerprint density at radius 3 is 2.88 bits per heavy atom. The molecule has 1 unspecified atom stereocenters. The van der Waals surface area contributed by atoms with Crippen molar-refractivity contribution in [1.29, 1.82) is 0 Å². The smallest absolute Gasteiger partial charge is 0.423 e. The van der Waals surface area contributed by atoms with Crippen LogP contribution >= 0.6 is 12.4 Å². The summed E-state index contributed by atoms with van der Waals surface area (Å²) in [6.45, 7) is 0.433. The molecule has 3 N–H and O–H groups in total. The lowest BCUT2D eigenvalue weighted by atomic mass is 9.71. The molecule has 0 spiro atoms. The summed E-state index contributed by atoms with van der Waals surface area (Å²) in [5.41, 5.74) is 10.4. The van der Waals surface area contributed by atoms with Crippen molar-refractivity contribution in [1.82, 2.24) is 0 Å². The zero-order chi connectivity index (χ0) is 11.1. The minimum atomic E-state index is -0.767. The molecule has 0 amide bonds. The molecule has 0 bridgehead atoms. The lowest BCUT2D eigenvalue weighted by molar-refractivity contribution is 0.198. The Hall–Kier alpha value is -0.545. The number of rotatable bonds is 1. The molecule has 0 radical (unpaired) electrons. The van der Waals surface area contributed by atoms with Gasteiger partial charge in [-0.15, -0.1) is 12.4 Å². The van der Waals surface area contributed by atoms with E-state index >= 15 is 0 Å². The highest BCUT2D eigenvalue weighted by molar-refractivity contribution is 6.62. The monoisotopic (exact) mass is 253 g/mol. The molecule has 92 valence electrons. The van der Waals surface area contributed by atoms with E-state index in [9.17, 15) is 5.02 Å². The average Bonchev–Trinajstić information content (AvgIpc) is 2.66. The molecule has 0 saturated carbocycles. The van der Waals surface area contributed by atoms with Gasteiger partial charge in [0.1, 0.15) is 0 Å². The first-order chi connectivity index (χ1) is 7.81. The van der Waals surface area contributed by atoms with Gasteiger partial charge in [-0.2, -0.15) is 0 Å². The lowest BCUT2D eigenvalue weighted by Crippen LogP contribution is -2.33. The van der Waals surface area contributed by atoms with Crippen LogP contribution in [0, 0.1) is 0 Å². The Balaban J connectivity index is 0.00000108. The standard InChI is InChI=1S/C12H16BNO2.ClH/c14-7-11-10-6-5-8-3-1-2-4-9(8)12(10)13(15)16-11;/h5-6,11,15H,1-4,7,14H2;1H. The van der Waals surface area contributed by atoms with Crippen LogP contribution in [0.2, 0.25) is 0 Å². The molecule has 3 nitrogen and oxygen atoms in total. The maximum absolute atomic E-state index is 9.96. The van der Waals surface area contributed by atoms with Crippen molar-refractivity contribution >= 4 is 25.0 Å². The van der Waals surface area contributed by atoms with Gasteiger partial charge in [-0.3, -0.25) is 0 Å². The minimum Gasteiger partial charge on any atom is -0.423 e. The Labute approximate surface area is 108 Å². The highest BCUT2D eigenvalue weighted by Crippen LogP contribution is 2.29. The van der Waals surface area contributed by atoms with E-state index in [2.05, 4.69) is 12.1 Å². The fourth-order valence-corrected chi connectivity index (χ4v) is 2.93. The summed E-state index contributed by atoms with van der Waals surface area (Å²) in [7, 11) is -0.767. The van der Waals surface area contributed by atoms with E-state index in [1.165, 1.54) is 24.0 Å². The van der Waals surface area contributed by atoms with Crippen molar-refractivity contribution in [3.05, 3.63) is 28.8 Å². The summed E-state index contributed by atoms with van der Waals surface area (Å²) < 4.78 is 5.48. The second-order valence-corrected chi connectivity index (χ2v) is 4.63. The first-order valence-electron chi connectivity index (χ1n) is 5.99. The zero-order valence-electron chi connectivity index (χ0n) is 9.69. The van der Waals surface area contributed by atoms with Crippen LogP contribution in [0.4, 0.5) is 0 Å². The summed E-state index contributed by atoms with van der Waals surface area (Å²) in [5, 5.41) is 9.96. The van der Waals surface area contributed by atoms with Crippen LogP contribution in [-0.2, 0) is 17.5 Å². The van der Waals surface area contributed by atoms with Gasteiger partial charge in [-0.05, 0) is 47.8 Å². The second-order valence-electron chi connectivity index (χ2n) is 4.63. The van der Waals surface area contributed by atoms with Crippen LogP contribution in [0.1, 0.15) is 35.6 Å². The maximum atomic E-state index is 9.96. The van der Waals surface area contributed by atoms with Gasteiger partial charge in [0, 0.05) is 6.54 Å². The number of nitrogens with two attached hydrogens (primary N) is 1. The summed E-state index contributed by atoms with van der Waals surface area (Å²) in [6.07, 6.45) is 4.53. The highest BCUT2D eigenvalue weighted by Gasteiger charge is 2.37. The van der Waals surface area contributed by atoms with Crippen LogP contribution in [0.5, 0.6) is 0 Å². The molecule has 2 aliphatic rings. The molecule has 1 heterocycles. The fraction of sp³-hybridized carbons (Fsp3) is 0.500. The van der Waals surface area contributed by atoms with Crippen LogP contribution in [0.15, 0.2) is 12.1 Å². The van der Waals surface area contributed by atoms with E-state index in [4.69, 9.17) is 10.4 Å². The molecule has 5 heteroatoms. The molecule has 1 aliphatic carbocycles. The van der Waals surface area contributed by atoms with Gasteiger partial charge in [0.15, 0.2) is 0 Å². The van der Waals surface area contributed by atoms with Gasteiger partial charge in [0.25, 0.3) is 0 Å². The Bertz CT molecular complexity index is 427. The van der Waals surface area contributed by atoms with Crippen LogP contribution in [0.25, 0.3) is 0 Å². The first-order valence-corrected chi connectivity index (χ1v) is 5.99. The molecular weight excluding hydrogens is 236 g/mol. The first kappa shape index (κ1) is 12.9. The molecule has 0 fully saturated rings. The van der Waals surface area contributed by atoms with E-state index in [-0.39, 0.29) is 18.5 Å².